The molecule has 0 radical (unpaired) electrons. The van der Waals surface area contributed by atoms with E-state index in [1.807, 2.05) is 41.8 Å². The molecule has 0 rings (SSSR count). The number of rotatable bonds is 3. The average Bonchev–Trinajstić information content (AvgIpc) is 2.59. The number of hydrazone groups is 2. The number of oxime groups is 1. The number of nitrogens with zero attached hydrogens (tertiary/aromatic N) is 8. The zero-order valence-corrected chi connectivity index (χ0v) is 25.6. The summed E-state index contributed by atoms with van der Waals surface area (Å²) in [5.74, 6) is 0.0417. The maximum Gasteiger partial charge on any atom is 0.242 e. The Labute approximate surface area is 230 Å². The van der Waals surface area contributed by atoms with Crippen molar-refractivity contribution in [1.82, 2.24) is 5.01 Å². The Bertz CT molecular complexity index is 770. The van der Waals surface area contributed by atoms with E-state index in [1.54, 1.807) is 52.7 Å². The largest absolute Gasteiger partial charge is 0.399 e. The minimum Gasteiger partial charge on any atom is -0.399 e. The number of nitro groups is 1. The van der Waals surface area contributed by atoms with Crippen LogP contribution in [-0.2, 0) is 14.4 Å². The van der Waals surface area contributed by atoms with E-state index in [4.69, 9.17) is 5.26 Å². The van der Waals surface area contributed by atoms with Crippen LogP contribution in [0.1, 0.15) is 97.4 Å². The third-order valence-corrected chi connectivity index (χ3v) is 1.61. The lowest BCUT2D eigenvalue weighted by molar-refractivity contribution is -0.485. The molecule has 0 aromatic rings. The standard InChI is InChI=1S/C5H12N2.C5H9NO.C4H6N2.C4H9NO.C3H6N2O2.C3H6O.CH4/c1-5(2)6-7(3)4;1-4(2)6-5(3)7;1-4(2)6-3-5;1-4(2)5-6-3;1-3(2)4-5(6)7;1-3(2)4;/h1-4H3;1-3H3;1-2H3;1-3H3;1-2H3;1-2H3;1H4. The van der Waals surface area contributed by atoms with Gasteiger partial charge in [-0.05, 0) is 83.1 Å². The van der Waals surface area contributed by atoms with Gasteiger partial charge < -0.3 is 14.6 Å². The van der Waals surface area contributed by atoms with Crippen molar-refractivity contribution in [3.05, 3.63) is 10.1 Å². The van der Waals surface area contributed by atoms with Crippen LogP contribution in [-0.4, -0.2) is 71.5 Å². The molecule has 38 heavy (non-hydrogen) atoms. The number of carbonyl (C=O) groups is 2. The summed E-state index contributed by atoms with van der Waals surface area (Å²) in [7, 11) is 5.35. The molecule has 13 nitrogen and oxygen atoms in total. The first-order valence-corrected chi connectivity index (χ1v) is 10.9. The summed E-state index contributed by atoms with van der Waals surface area (Å²) < 4.78 is 0. The number of hydrogen-bond acceptors (Lipinski definition) is 10. The number of ketones is 1. The summed E-state index contributed by atoms with van der Waals surface area (Å²) in [4.78, 5) is 40.2. The van der Waals surface area contributed by atoms with Crippen LogP contribution in [0, 0.1) is 21.6 Å². The minimum atomic E-state index is -0.713. The van der Waals surface area contributed by atoms with E-state index in [2.05, 4.69) is 30.2 Å². The van der Waals surface area contributed by atoms with Crippen molar-refractivity contribution in [3.63, 3.8) is 0 Å². The van der Waals surface area contributed by atoms with Crippen LogP contribution in [0.15, 0.2) is 25.3 Å². The molecule has 0 fully saturated rings. The van der Waals surface area contributed by atoms with Gasteiger partial charge in [0.2, 0.25) is 12.1 Å². The van der Waals surface area contributed by atoms with Crippen molar-refractivity contribution < 1.29 is 19.5 Å². The van der Waals surface area contributed by atoms with Crippen LogP contribution in [0.5, 0.6) is 0 Å². The second-order valence-corrected chi connectivity index (χ2v) is 8.05. The Hall–Kier alpha value is -3.82. The molecule has 0 bridgehead atoms. The Morgan fingerprint density at radius 1 is 0.789 bits per heavy atom. The van der Waals surface area contributed by atoms with E-state index < -0.39 is 5.03 Å². The van der Waals surface area contributed by atoms with Crippen molar-refractivity contribution >= 4 is 40.2 Å². The molecule has 1 amide bonds. The highest BCUT2D eigenvalue weighted by Crippen LogP contribution is 1.77. The van der Waals surface area contributed by atoms with Gasteiger partial charge in [-0.25, -0.2) is 15.1 Å². The Balaban J connectivity index is -0.0000000608. The van der Waals surface area contributed by atoms with Crippen molar-refractivity contribution in [2.75, 3.05) is 21.2 Å². The van der Waals surface area contributed by atoms with E-state index in [-0.39, 0.29) is 19.1 Å². The van der Waals surface area contributed by atoms with Crippen LogP contribution in [0.2, 0.25) is 0 Å². The molecule has 222 valence electrons. The summed E-state index contributed by atoms with van der Waals surface area (Å²) >= 11 is 0. The van der Waals surface area contributed by atoms with Crippen LogP contribution in [0.25, 0.3) is 0 Å². The van der Waals surface area contributed by atoms with E-state index >= 15 is 0 Å². The Morgan fingerprint density at radius 3 is 1.18 bits per heavy atom. The van der Waals surface area contributed by atoms with Gasteiger partial charge in [-0.1, -0.05) is 12.6 Å². The highest BCUT2D eigenvalue weighted by molar-refractivity contribution is 5.91. The number of hydrogen-bond donors (Lipinski definition) is 0. The number of nitriles is 1. The molecule has 0 unspecified atom stereocenters. The third kappa shape index (κ3) is 156. The third-order valence-electron chi connectivity index (χ3n) is 1.61. The number of carbonyl (C=O) groups excluding carboxylic acids is 2. The van der Waals surface area contributed by atoms with E-state index in [0.717, 1.165) is 22.8 Å². The summed E-state index contributed by atoms with van der Waals surface area (Å²) in [6, 6.07) is 0. The lowest BCUT2D eigenvalue weighted by atomic mass is 10.5. The van der Waals surface area contributed by atoms with Gasteiger partial charge in [-0.15, -0.1) is 0 Å². The van der Waals surface area contributed by atoms with Gasteiger partial charge in [-0.2, -0.15) is 15.4 Å². The molecule has 0 spiro atoms. The van der Waals surface area contributed by atoms with Gasteiger partial charge in [0.05, 0.1) is 16.5 Å². The topological polar surface area (TPSA) is 175 Å². The molecular formula is C25H52N8O5. The highest BCUT2D eigenvalue weighted by Gasteiger charge is 1.85. The van der Waals surface area contributed by atoms with Crippen molar-refractivity contribution in [2.45, 2.75) is 97.4 Å². The van der Waals surface area contributed by atoms with Crippen molar-refractivity contribution in [2.24, 2.45) is 25.3 Å². The van der Waals surface area contributed by atoms with E-state index in [0.29, 0.717) is 5.71 Å². The van der Waals surface area contributed by atoms with Gasteiger partial charge in [0.1, 0.15) is 12.9 Å². The molecule has 13 heteroatoms. The Kier molecular flexibility index (Phi) is 50.6. The molecule has 0 saturated carbocycles. The number of amides is 1. The average molecular weight is 545 g/mol. The summed E-state index contributed by atoms with van der Waals surface area (Å²) in [6.07, 6.45) is 1.66. The molecule has 0 aromatic carbocycles. The molecule has 0 aliphatic rings. The second-order valence-electron chi connectivity index (χ2n) is 8.05. The first-order valence-electron chi connectivity index (χ1n) is 10.9. The zero-order chi connectivity index (χ0) is 31.1. The monoisotopic (exact) mass is 544 g/mol. The van der Waals surface area contributed by atoms with Crippen molar-refractivity contribution in [3.8, 4) is 6.19 Å². The second kappa shape index (κ2) is 37.7. The van der Waals surface area contributed by atoms with Gasteiger partial charge in [-0.3, -0.25) is 4.79 Å². The molecule has 0 aliphatic heterocycles. The predicted octanol–water partition coefficient (Wildman–Crippen LogP) is 5.82. The van der Waals surface area contributed by atoms with Gasteiger partial charge >= 0.3 is 0 Å². The maximum absolute atomic E-state index is 10.1. The zero-order valence-electron chi connectivity index (χ0n) is 25.6. The molecule has 0 aromatic heterocycles. The first-order chi connectivity index (χ1) is 16.6. The fourth-order valence-corrected chi connectivity index (χ4v) is 1.16. The van der Waals surface area contributed by atoms with Gasteiger partial charge in [0.25, 0.3) is 0 Å². The predicted molar refractivity (Wildman–Crippen MR) is 161 cm³/mol. The van der Waals surface area contributed by atoms with Crippen LogP contribution in [0.3, 0.4) is 0 Å². The lowest BCUT2D eigenvalue weighted by Crippen LogP contribution is -2.03. The van der Waals surface area contributed by atoms with Crippen LogP contribution >= 0.6 is 0 Å². The number of Topliss-reactive ketones (excluding diaryl/α,β-unsaturated/α-hetero) is 1. The molecule has 0 saturated heterocycles. The van der Waals surface area contributed by atoms with E-state index in [1.165, 1.54) is 27.9 Å². The lowest BCUT2D eigenvalue weighted by Gasteiger charge is -2.02. The molecular weight excluding hydrogens is 492 g/mol. The van der Waals surface area contributed by atoms with Crippen molar-refractivity contribution in [1.29, 1.82) is 5.26 Å². The summed E-state index contributed by atoms with van der Waals surface area (Å²) in [5.41, 5.74) is 4.11. The normalized spacial score (nSPS) is 7.13. The molecule has 0 atom stereocenters. The fourth-order valence-electron chi connectivity index (χ4n) is 1.16. The van der Waals surface area contributed by atoms with Crippen LogP contribution < -0.4 is 0 Å². The van der Waals surface area contributed by atoms with Gasteiger partial charge in [0.15, 0.2) is 5.03 Å². The van der Waals surface area contributed by atoms with Gasteiger partial charge in [0, 0.05) is 38.2 Å². The van der Waals surface area contributed by atoms with E-state index in [9.17, 15) is 19.7 Å². The number of aliphatic imine (C=N–C) groups is 2. The van der Waals surface area contributed by atoms with Crippen LogP contribution in [0.4, 0.5) is 0 Å². The Morgan fingerprint density at radius 2 is 1.18 bits per heavy atom. The molecule has 0 heterocycles. The molecule has 0 aliphatic carbocycles. The quantitative estimate of drug-likeness (QED) is 0.186. The smallest absolute Gasteiger partial charge is 0.242 e. The minimum absolute atomic E-state index is 0. The summed E-state index contributed by atoms with van der Waals surface area (Å²) in [5, 5.41) is 28.8. The summed E-state index contributed by atoms with van der Waals surface area (Å²) in [6.45, 7) is 22.5. The maximum atomic E-state index is 10.1. The first kappa shape index (κ1) is 50.9. The SMILES string of the molecule is C.CC(=O)N=C(C)C.CC(C)=NC#N.CC(C)=NN(C)C.CC(C)=N[N+](=O)[O-].CC(C)=O.CON=C(C)C. The highest BCUT2D eigenvalue weighted by atomic mass is 16.7. The molecule has 0 N–H and O–H groups in total. The fraction of sp³-hybridized carbons (Fsp3) is 0.680.